The molecular weight excluding hydrogens is 318 g/mol. The van der Waals surface area contributed by atoms with E-state index in [4.69, 9.17) is 0 Å². The van der Waals surface area contributed by atoms with Crippen molar-refractivity contribution in [3.05, 3.63) is 64.3 Å². The van der Waals surface area contributed by atoms with Gasteiger partial charge < -0.3 is 4.90 Å². The maximum atomic E-state index is 11.0. The van der Waals surface area contributed by atoms with Gasteiger partial charge in [-0.25, -0.2) is 0 Å². The van der Waals surface area contributed by atoms with Gasteiger partial charge in [-0.1, -0.05) is 12.1 Å². The number of anilines is 1. The van der Waals surface area contributed by atoms with Crippen molar-refractivity contribution in [1.82, 2.24) is 14.7 Å². The second-order valence-electron chi connectivity index (χ2n) is 6.36. The van der Waals surface area contributed by atoms with Crippen LogP contribution >= 0.6 is 0 Å². The minimum absolute atomic E-state index is 0.0798. The van der Waals surface area contributed by atoms with Gasteiger partial charge in [-0.15, -0.1) is 0 Å². The van der Waals surface area contributed by atoms with Crippen molar-refractivity contribution < 1.29 is 4.92 Å². The first-order valence-electron chi connectivity index (χ1n) is 7.99. The number of hydrogen-bond donors (Lipinski definition) is 0. The topological polar surface area (TPSA) is 67.4 Å². The highest BCUT2D eigenvalue weighted by Gasteiger charge is 2.11. The van der Waals surface area contributed by atoms with Gasteiger partial charge >= 0.3 is 0 Å². The summed E-state index contributed by atoms with van der Waals surface area (Å²) in [5, 5.41) is 16.2. The monoisotopic (exact) mass is 339 g/mol. The van der Waals surface area contributed by atoms with Crippen molar-refractivity contribution in [3.8, 4) is 0 Å². The Morgan fingerprint density at radius 1 is 1.12 bits per heavy atom. The number of hydrogen-bond acceptors (Lipinski definition) is 5. The molecule has 7 nitrogen and oxygen atoms in total. The van der Waals surface area contributed by atoms with Crippen LogP contribution in [-0.2, 0) is 13.2 Å². The minimum atomic E-state index is -0.382. The van der Waals surface area contributed by atoms with Gasteiger partial charge in [0.05, 0.1) is 23.3 Å². The molecule has 0 aliphatic heterocycles. The van der Waals surface area contributed by atoms with Crippen LogP contribution in [0.25, 0.3) is 10.9 Å². The Morgan fingerprint density at radius 3 is 2.48 bits per heavy atom. The van der Waals surface area contributed by atoms with Gasteiger partial charge in [0.1, 0.15) is 0 Å². The van der Waals surface area contributed by atoms with Crippen molar-refractivity contribution >= 4 is 22.3 Å². The summed E-state index contributed by atoms with van der Waals surface area (Å²) < 4.78 is 1.79. The summed E-state index contributed by atoms with van der Waals surface area (Å²) in [6.45, 7) is 1.32. The number of nitrogens with zero attached hydrogens (tertiary/aromatic N) is 5. The van der Waals surface area contributed by atoms with Crippen LogP contribution in [0.15, 0.2) is 48.7 Å². The van der Waals surface area contributed by atoms with Crippen LogP contribution in [0, 0.1) is 10.1 Å². The van der Waals surface area contributed by atoms with Gasteiger partial charge in [-0.05, 0) is 30.8 Å². The summed E-state index contributed by atoms with van der Waals surface area (Å²) in [5.74, 6) is 0. The first kappa shape index (κ1) is 16.9. The largest absolute Gasteiger partial charge is 0.378 e. The van der Waals surface area contributed by atoms with E-state index in [2.05, 4.69) is 39.2 Å². The third-order valence-electron chi connectivity index (χ3n) is 4.12. The van der Waals surface area contributed by atoms with Crippen LogP contribution in [-0.4, -0.2) is 40.7 Å². The molecule has 0 fully saturated rings. The molecule has 1 heterocycles. The fraction of sp³-hybridized carbons (Fsp3) is 0.278. The molecule has 7 heteroatoms. The zero-order valence-electron chi connectivity index (χ0n) is 14.6. The highest BCUT2D eigenvalue weighted by molar-refractivity contribution is 5.80. The summed E-state index contributed by atoms with van der Waals surface area (Å²) in [5.41, 5.74) is 3.22. The van der Waals surface area contributed by atoms with E-state index in [-0.39, 0.29) is 10.6 Å². The molecule has 3 rings (SSSR count). The van der Waals surface area contributed by atoms with Gasteiger partial charge in [0, 0.05) is 43.8 Å². The second-order valence-corrected chi connectivity index (χ2v) is 6.36. The molecule has 25 heavy (non-hydrogen) atoms. The average molecular weight is 339 g/mol. The van der Waals surface area contributed by atoms with Gasteiger partial charge in [-0.2, -0.15) is 5.10 Å². The lowest BCUT2D eigenvalue weighted by Crippen LogP contribution is -2.22. The van der Waals surface area contributed by atoms with Crippen molar-refractivity contribution in [1.29, 1.82) is 0 Å². The summed E-state index contributed by atoms with van der Waals surface area (Å²) >= 11 is 0. The maximum absolute atomic E-state index is 11.0. The molecule has 1 aromatic heterocycles. The van der Waals surface area contributed by atoms with E-state index in [1.165, 1.54) is 11.6 Å². The summed E-state index contributed by atoms with van der Waals surface area (Å²) in [7, 11) is 6.04. The molecule has 2 aromatic carbocycles. The van der Waals surface area contributed by atoms with E-state index in [9.17, 15) is 10.1 Å². The SMILES string of the molecule is CN(Cc1ccc(N(C)C)cc1)Cn1ncc2ccc([N+](=O)[O-])cc21. The smallest absolute Gasteiger partial charge is 0.271 e. The van der Waals surface area contributed by atoms with E-state index in [1.54, 1.807) is 23.0 Å². The van der Waals surface area contributed by atoms with Gasteiger partial charge in [0.15, 0.2) is 0 Å². The first-order valence-corrected chi connectivity index (χ1v) is 7.99. The fourth-order valence-corrected chi connectivity index (χ4v) is 2.77. The minimum Gasteiger partial charge on any atom is -0.378 e. The van der Waals surface area contributed by atoms with Crippen molar-refractivity contribution in [2.45, 2.75) is 13.2 Å². The van der Waals surface area contributed by atoms with Crippen LogP contribution < -0.4 is 4.90 Å². The standard InChI is InChI=1S/C18H21N5O2/c1-20(2)16-7-4-14(5-8-16)12-21(3)13-22-18-10-17(23(24)25)9-6-15(18)11-19-22/h4-11H,12-13H2,1-3H3. The molecular formula is C18H21N5O2. The Labute approximate surface area is 146 Å². The quantitative estimate of drug-likeness (QED) is 0.510. The number of benzene rings is 2. The third kappa shape index (κ3) is 3.77. The summed E-state index contributed by atoms with van der Waals surface area (Å²) in [6, 6.07) is 13.2. The van der Waals surface area contributed by atoms with E-state index < -0.39 is 0 Å². The zero-order valence-corrected chi connectivity index (χ0v) is 14.6. The van der Waals surface area contributed by atoms with Crippen LogP contribution in [0.2, 0.25) is 0 Å². The molecule has 0 saturated carbocycles. The number of fused-ring (bicyclic) bond motifs is 1. The lowest BCUT2D eigenvalue weighted by molar-refractivity contribution is -0.384. The van der Waals surface area contributed by atoms with Crippen molar-refractivity contribution in [2.24, 2.45) is 0 Å². The van der Waals surface area contributed by atoms with E-state index in [0.29, 0.717) is 6.67 Å². The van der Waals surface area contributed by atoms with E-state index >= 15 is 0 Å². The first-order chi connectivity index (χ1) is 11.9. The molecule has 0 atom stereocenters. The Balaban J connectivity index is 1.74. The summed E-state index contributed by atoms with van der Waals surface area (Å²) in [4.78, 5) is 14.8. The van der Waals surface area contributed by atoms with Gasteiger partial charge in [-0.3, -0.25) is 19.7 Å². The van der Waals surface area contributed by atoms with Crippen molar-refractivity contribution in [3.63, 3.8) is 0 Å². The van der Waals surface area contributed by atoms with Gasteiger partial charge in [0.25, 0.3) is 5.69 Å². The lowest BCUT2D eigenvalue weighted by Gasteiger charge is -2.18. The molecule has 3 aromatic rings. The summed E-state index contributed by atoms with van der Waals surface area (Å²) in [6.07, 6.45) is 1.73. The van der Waals surface area contributed by atoms with Crippen LogP contribution in [0.3, 0.4) is 0 Å². The highest BCUT2D eigenvalue weighted by atomic mass is 16.6. The lowest BCUT2D eigenvalue weighted by atomic mass is 10.2. The second kappa shape index (κ2) is 6.90. The molecule has 0 N–H and O–H groups in total. The predicted molar refractivity (Wildman–Crippen MR) is 98.6 cm³/mol. The van der Waals surface area contributed by atoms with Crippen LogP contribution in [0.5, 0.6) is 0 Å². The fourth-order valence-electron chi connectivity index (χ4n) is 2.77. The molecule has 0 spiro atoms. The Kier molecular flexibility index (Phi) is 4.67. The van der Waals surface area contributed by atoms with Crippen molar-refractivity contribution in [2.75, 3.05) is 26.0 Å². The molecule has 0 bridgehead atoms. The number of nitro groups is 1. The number of non-ortho nitro benzene ring substituents is 1. The molecule has 0 unspecified atom stereocenters. The molecule has 0 saturated heterocycles. The average Bonchev–Trinajstić information content (AvgIpc) is 2.97. The third-order valence-corrected chi connectivity index (χ3v) is 4.12. The Hall–Kier alpha value is -2.93. The number of nitro benzene ring substituents is 1. The number of aromatic nitrogens is 2. The molecule has 0 aliphatic rings. The normalized spacial score (nSPS) is 11.2. The zero-order chi connectivity index (χ0) is 18.0. The molecule has 0 aliphatic carbocycles. The molecule has 0 radical (unpaired) electrons. The van der Waals surface area contributed by atoms with Gasteiger partial charge in [0.2, 0.25) is 0 Å². The Morgan fingerprint density at radius 2 is 1.84 bits per heavy atom. The van der Waals surface area contributed by atoms with Crippen LogP contribution in [0.4, 0.5) is 11.4 Å². The molecule has 0 amide bonds. The number of rotatable bonds is 6. The van der Waals surface area contributed by atoms with E-state index in [0.717, 1.165) is 23.1 Å². The van der Waals surface area contributed by atoms with E-state index in [1.807, 2.05) is 21.1 Å². The maximum Gasteiger partial charge on any atom is 0.271 e. The highest BCUT2D eigenvalue weighted by Crippen LogP contribution is 2.21. The predicted octanol–water partition coefficient (Wildman–Crippen LogP) is 3.10. The molecule has 130 valence electrons. The van der Waals surface area contributed by atoms with Crippen LogP contribution in [0.1, 0.15) is 5.56 Å². The Bertz CT molecular complexity index is 886.